The van der Waals surface area contributed by atoms with Crippen molar-refractivity contribution in [2.45, 2.75) is 0 Å². The molecule has 0 atom stereocenters. The molecule has 0 fully saturated rings. The van der Waals surface area contributed by atoms with Gasteiger partial charge in [-0.15, -0.1) is 0 Å². The van der Waals surface area contributed by atoms with Crippen molar-refractivity contribution in [3.8, 4) is 0 Å². The van der Waals surface area contributed by atoms with Crippen molar-refractivity contribution in [1.82, 2.24) is 0 Å². The fraction of sp³-hybridized carbons (Fsp3) is 0. The molecule has 0 saturated heterocycles. The summed E-state index contributed by atoms with van der Waals surface area (Å²) in [5.74, 6) is 0. The van der Waals surface area contributed by atoms with Gasteiger partial charge in [-0.05, 0) is 40.2 Å². The predicted molar refractivity (Wildman–Crippen MR) is 71.8 cm³/mol. The second-order valence-corrected chi connectivity index (χ2v) is 4.88. The zero-order chi connectivity index (χ0) is 12.0. The van der Waals surface area contributed by atoms with Crippen LogP contribution in [-0.2, 0) is 0 Å². The lowest BCUT2D eigenvalue weighted by atomic mass is 10.1. The summed E-state index contributed by atoms with van der Waals surface area (Å²) in [6, 6.07) is 9.11. The molecule has 0 aliphatic carbocycles. The Bertz CT molecular complexity index is 746. The Hall–Kier alpha value is -1.32. The van der Waals surface area contributed by atoms with Gasteiger partial charge in [-0.1, -0.05) is 17.7 Å². The van der Waals surface area contributed by atoms with Crippen molar-refractivity contribution in [2.75, 3.05) is 0 Å². The van der Waals surface area contributed by atoms with Crippen LogP contribution in [0.4, 0.5) is 0 Å². The number of fused-ring (bicyclic) bond motifs is 3. The van der Waals surface area contributed by atoms with E-state index in [4.69, 9.17) is 16.0 Å². The Labute approximate surface area is 110 Å². The highest BCUT2D eigenvalue weighted by Gasteiger charge is 2.14. The van der Waals surface area contributed by atoms with Gasteiger partial charge in [-0.25, -0.2) is 0 Å². The molecule has 0 aliphatic heterocycles. The summed E-state index contributed by atoms with van der Waals surface area (Å²) < 4.78 is 6.38. The first-order valence-corrected chi connectivity index (χ1v) is 6.14. The van der Waals surface area contributed by atoms with Crippen LogP contribution < -0.4 is 0 Å². The minimum atomic E-state index is 0.563. The lowest BCUT2D eigenvalue weighted by molar-refractivity contribution is 0.112. The van der Waals surface area contributed by atoms with Gasteiger partial charge < -0.3 is 4.42 Å². The van der Waals surface area contributed by atoms with Gasteiger partial charge >= 0.3 is 0 Å². The molecule has 0 spiro atoms. The van der Waals surface area contributed by atoms with E-state index in [1.807, 2.05) is 24.3 Å². The fourth-order valence-corrected chi connectivity index (χ4v) is 2.71. The number of carbonyl (C=O) groups excluding carboxylic acids is 1. The molecule has 0 bridgehead atoms. The van der Waals surface area contributed by atoms with Crippen LogP contribution in [0.3, 0.4) is 0 Å². The van der Waals surface area contributed by atoms with Gasteiger partial charge in [-0.2, -0.15) is 0 Å². The third-order valence-corrected chi connectivity index (χ3v) is 3.84. The normalized spacial score (nSPS) is 11.2. The molecule has 4 heteroatoms. The maximum Gasteiger partial charge on any atom is 0.151 e. The minimum Gasteiger partial charge on any atom is -0.455 e. The third kappa shape index (κ3) is 1.50. The van der Waals surface area contributed by atoms with Crippen molar-refractivity contribution in [3.63, 3.8) is 0 Å². The zero-order valence-corrected chi connectivity index (χ0v) is 10.9. The highest BCUT2D eigenvalue weighted by atomic mass is 79.9. The first-order valence-electron chi connectivity index (χ1n) is 4.97. The molecule has 84 valence electrons. The zero-order valence-electron chi connectivity index (χ0n) is 8.54. The Morgan fingerprint density at radius 3 is 2.82 bits per heavy atom. The van der Waals surface area contributed by atoms with Crippen LogP contribution in [0.2, 0.25) is 5.02 Å². The second kappa shape index (κ2) is 3.86. The van der Waals surface area contributed by atoms with E-state index in [-0.39, 0.29) is 0 Å². The van der Waals surface area contributed by atoms with E-state index in [1.165, 1.54) is 0 Å². The number of aldehydes is 1. The average Bonchev–Trinajstić information content (AvgIpc) is 2.70. The Morgan fingerprint density at radius 1 is 1.24 bits per heavy atom. The molecule has 0 unspecified atom stereocenters. The summed E-state index contributed by atoms with van der Waals surface area (Å²) >= 11 is 9.54. The van der Waals surface area contributed by atoms with Crippen LogP contribution in [0.25, 0.3) is 21.9 Å². The largest absolute Gasteiger partial charge is 0.455 e. The summed E-state index contributed by atoms with van der Waals surface area (Å²) in [5, 5.41) is 2.43. The molecule has 3 rings (SSSR count). The van der Waals surface area contributed by atoms with Crippen LogP contribution in [0.15, 0.2) is 39.2 Å². The van der Waals surface area contributed by atoms with Crippen molar-refractivity contribution in [3.05, 3.63) is 45.4 Å². The summed E-state index contributed by atoms with van der Waals surface area (Å²) in [6.45, 7) is 0. The number of furan rings is 1. The Morgan fingerprint density at radius 2 is 2.06 bits per heavy atom. The second-order valence-electron chi connectivity index (χ2n) is 3.68. The van der Waals surface area contributed by atoms with Crippen LogP contribution in [0.1, 0.15) is 10.4 Å². The average molecular weight is 310 g/mol. The van der Waals surface area contributed by atoms with Crippen molar-refractivity contribution in [1.29, 1.82) is 0 Å². The Kier molecular flexibility index (Phi) is 2.45. The molecule has 3 aromatic rings. The fourth-order valence-electron chi connectivity index (χ4n) is 1.92. The quantitative estimate of drug-likeness (QED) is 0.604. The van der Waals surface area contributed by atoms with Gasteiger partial charge in [0.15, 0.2) is 6.29 Å². The number of halogens is 2. The SMILES string of the molecule is O=Cc1ccc2c(oc3cccc(Cl)c32)c1Br. The van der Waals surface area contributed by atoms with Gasteiger partial charge in [0.1, 0.15) is 11.2 Å². The first-order chi connectivity index (χ1) is 8.22. The monoisotopic (exact) mass is 308 g/mol. The van der Waals surface area contributed by atoms with Crippen molar-refractivity contribution >= 4 is 55.8 Å². The number of hydrogen-bond donors (Lipinski definition) is 0. The molecule has 1 aromatic heterocycles. The van der Waals surface area contributed by atoms with Crippen LogP contribution in [0.5, 0.6) is 0 Å². The lowest BCUT2D eigenvalue weighted by Gasteiger charge is -1.96. The number of hydrogen-bond acceptors (Lipinski definition) is 2. The molecular formula is C13H6BrClO2. The summed E-state index contributed by atoms with van der Waals surface area (Å²) in [5.41, 5.74) is 1.93. The van der Waals surface area contributed by atoms with E-state index in [1.54, 1.807) is 6.07 Å². The van der Waals surface area contributed by atoms with E-state index in [2.05, 4.69) is 15.9 Å². The van der Waals surface area contributed by atoms with Crippen molar-refractivity contribution < 1.29 is 9.21 Å². The van der Waals surface area contributed by atoms with E-state index in [0.717, 1.165) is 22.6 Å². The minimum absolute atomic E-state index is 0.563. The van der Waals surface area contributed by atoms with Gasteiger partial charge in [-0.3, -0.25) is 4.79 Å². The standard InChI is InChI=1S/C13H6BrClO2/c14-12-7(6-16)4-5-8-11-9(15)2-1-3-10(11)17-13(8)12/h1-6H. The molecule has 1 heterocycles. The van der Waals surface area contributed by atoms with E-state index in [0.29, 0.717) is 20.6 Å². The van der Waals surface area contributed by atoms with Gasteiger partial charge in [0.05, 0.1) is 9.50 Å². The van der Waals surface area contributed by atoms with Crippen LogP contribution in [-0.4, -0.2) is 6.29 Å². The maximum absolute atomic E-state index is 10.9. The van der Waals surface area contributed by atoms with Crippen molar-refractivity contribution in [2.24, 2.45) is 0 Å². The summed E-state index contributed by atoms with van der Waals surface area (Å²) in [7, 11) is 0. The van der Waals surface area contributed by atoms with Gasteiger partial charge in [0.25, 0.3) is 0 Å². The number of carbonyl (C=O) groups is 1. The Balaban J connectivity index is 2.57. The first kappa shape index (κ1) is 10.8. The van der Waals surface area contributed by atoms with Gasteiger partial charge in [0, 0.05) is 16.3 Å². The number of rotatable bonds is 1. The molecule has 2 aromatic carbocycles. The molecule has 0 aliphatic rings. The van der Waals surface area contributed by atoms with E-state index >= 15 is 0 Å². The van der Waals surface area contributed by atoms with Crippen LogP contribution >= 0.6 is 27.5 Å². The molecule has 2 nitrogen and oxygen atoms in total. The topological polar surface area (TPSA) is 30.2 Å². The molecule has 0 saturated carbocycles. The molecular weight excluding hydrogens is 303 g/mol. The lowest BCUT2D eigenvalue weighted by Crippen LogP contribution is -1.81. The smallest absolute Gasteiger partial charge is 0.151 e. The molecule has 0 amide bonds. The predicted octanol–water partition coefficient (Wildman–Crippen LogP) is 4.81. The van der Waals surface area contributed by atoms with Crippen LogP contribution in [0, 0.1) is 0 Å². The number of benzene rings is 2. The summed E-state index contributed by atoms with van der Waals surface area (Å²) in [4.78, 5) is 10.9. The molecule has 0 radical (unpaired) electrons. The third-order valence-electron chi connectivity index (χ3n) is 2.71. The molecule has 0 N–H and O–H groups in total. The van der Waals surface area contributed by atoms with E-state index in [9.17, 15) is 4.79 Å². The van der Waals surface area contributed by atoms with Gasteiger partial charge in [0.2, 0.25) is 0 Å². The highest BCUT2D eigenvalue weighted by Crippen LogP contribution is 2.38. The van der Waals surface area contributed by atoms with E-state index < -0.39 is 0 Å². The highest BCUT2D eigenvalue weighted by molar-refractivity contribution is 9.10. The molecule has 17 heavy (non-hydrogen) atoms. The summed E-state index contributed by atoms with van der Waals surface area (Å²) in [6.07, 6.45) is 0.790. The maximum atomic E-state index is 10.9.